The van der Waals surface area contributed by atoms with E-state index in [4.69, 9.17) is 9.15 Å². The van der Waals surface area contributed by atoms with Gasteiger partial charge in [0.2, 0.25) is 5.89 Å². The number of nitrogens with zero attached hydrogens (tertiary/aromatic N) is 3. The number of alkyl halides is 3. The number of fused-ring (bicyclic) bond motifs is 2. The van der Waals surface area contributed by atoms with E-state index in [-0.39, 0.29) is 22.7 Å². The van der Waals surface area contributed by atoms with Crippen LogP contribution in [0.15, 0.2) is 51.7 Å². The van der Waals surface area contributed by atoms with Gasteiger partial charge in [0.25, 0.3) is 5.56 Å². The van der Waals surface area contributed by atoms with Gasteiger partial charge in [0.1, 0.15) is 17.0 Å². The van der Waals surface area contributed by atoms with Crippen LogP contribution in [0.2, 0.25) is 0 Å². The Balaban J connectivity index is 1.83. The molecular formula is C23H17F3N4O3. The van der Waals surface area contributed by atoms with Crippen molar-refractivity contribution in [1.29, 1.82) is 0 Å². The van der Waals surface area contributed by atoms with Crippen LogP contribution in [0, 0.1) is 13.8 Å². The molecule has 5 aromatic rings. The Labute approximate surface area is 184 Å². The Morgan fingerprint density at radius 3 is 2.55 bits per heavy atom. The summed E-state index contributed by atoms with van der Waals surface area (Å²) >= 11 is 0. The quantitative estimate of drug-likeness (QED) is 0.408. The summed E-state index contributed by atoms with van der Waals surface area (Å²) in [6.45, 7) is 3.35. The lowest BCUT2D eigenvalue weighted by Crippen LogP contribution is -2.20. The maximum atomic E-state index is 13.9. The van der Waals surface area contributed by atoms with Crippen molar-refractivity contribution >= 4 is 16.7 Å². The van der Waals surface area contributed by atoms with E-state index in [0.29, 0.717) is 28.1 Å². The fourth-order valence-corrected chi connectivity index (χ4v) is 3.91. The van der Waals surface area contributed by atoms with Gasteiger partial charge in [-0.05, 0) is 31.5 Å². The molecule has 0 unspecified atom stereocenters. The summed E-state index contributed by atoms with van der Waals surface area (Å²) < 4.78 is 53.5. The van der Waals surface area contributed by atoms with Gasteiger partial charge >= 0.3 is 6.18 Å². The number of aromatic nitrogens is 4. The van der Waals surface area contributed by atoms with Crippen LogP contribution >= 0.6 is 0 Å². The Hall–Kier alpha value is -4.08. The Bertz CT molecular complexity index is 1590. The fraction of sp³-hybridized carbons (Fsp3) is 0.174. The number of aryl methyl sites for hydroxylation is 2. The van der Waals surface area contributed by atoms with E-state index in [1.807, 2.05) is 0 Å². The van der Waals surface area contributed by atoms with Crippen LogP contribution in [0.1, 0.15) is 17.0 Å². The maximum absolute atomic E-state index is 13.9. The van der Waals surface area contributed by atoms with Crippen LogP contribution in [0.3, 0.4) is 0 Å². The number of aromatic amines is 1. The van der Waals surface area contributed by atoms with Gasteiger partial charge in [-0.15, -0.1) is 0 Å². The zero-order valence-corrected chi connectivity index (χ0v) is 17.7. The summed E-state index contributed by atoms with van der Waals surface area (Å²) in [5, 5.41) is 3.66. The number of H-pyrrole nitrogens is 1. The molecule has 10 heteroatoms. The maximum Gasteiger partial charge on any atom is 0.435 e. The predicted octanol–water partition coefficient (Wildman–Crippen LogP) is 5.14. The minimum atomic E-state index is -4.77. The molecule has 0 aliphatic rings. The van der Waals surface area contributed by atoms with Gasteiger partial charge in [-0.2, -0.15) is 22.8 Å². The van der Waals surface area contributed by atoms with Crippen molar-refractivity contribution in [1.82, 2.24) is 19.6 Å². The molecule has 0 bridgehead atoms. The molecule has 0 spiro atoms. The molecule has 5 rings (SSSR count). The monoisotopic (exact) mass is 454 g/mol. The predicted molar refractivity (Wildman–Crippen MR) is 115 cm³/mol. The van der Waals surface area contributed by atoms with Crippen molar-refractivity contribution in [3.63, 3.8) is 0 Å². The average Bonchev–Trinajstić information content (AvgIpc) is 3.35. The van der Waals surface area contributed by atoms with E-state index in [9.17, 15) is 18.0 Å². The van der Waals surface area contributed by atoms with E-state index >= 15 is 0 Å². The molecule has 168 valence electrons. The first-order valence-electron chi connectivity index (χ1n) is 9.93. The topological polar surface area (TPSA) is 85.4 Å². The van der Waals surface area contributed by atoms with Crippen LogP contribution in [0.25, 0.3) is 39.3 Å². The molecule has 0 amide bonds. The molecule has 3 aromatic heterocycles. The third-order valence-electron chi connectivity index (χ3n) is 5.36. The van der Waals surface area contributed by atoms with E-state index in [1.54, 1.807) is 56.3 Å². The highest BCUT2D eigenvalue weighted by Crippen LogP contribution is 2.39. The number of rotatable bonds is 3. The van der Waals surface area contributed by atoms with E-state index in [0.717, 1.165) is 10.1 Å². The van der Waals surface area contributed by atoms with Crippen LogP contribution in [-0.2, 0) is 6.18 Å². The summed E-state index contributed by atoms with van der Waals surface area (Å²) in [6, 6.07) is 11.6. The minimum Gasteiger partial charge on any atom is -0.494 e. The number of hydrogen-bond donors (Lipinski definition) is 1. The number of benzene rings is 2. The number of ether oxygens (including phenoxy) is 1. The Morgan fingerprint density at radius 1 is 1.09 bits per heavy atom. The second-order valence-electron chi connectivity index (χ2n) is 7.61. The minimum absolute atomic E-state index is 0.0206. The normalized spacial score (nSPS) is 12.1. The molecule has 1 N–H and O–H groups in total. The van der Waals surface area contributed by atoms with Crippen LogP contribution < -0.4 is 10.3 Å². The van der Waals surface area contributed by atoms with Crippen LogP contribution in [-0.4, -0.2) is 26.7 Å². The molecule has 0 saturated carbocycles. The molecule has 0 atom stereocenters. The number of halogens is 3. The van der Waals surface area contributed by atoms with Gasteiger partial charge < -0.3 is 14.1 Å². The molecular weight excluding hydrogens is 437 g/mol. The Morgan fingerprint density at radius 2 is 1.85 bits per heavy atom. The number of para-hydroxylation sites is 1. The van der Waals surface area contributed by atoms with E-state index in [1.165, 1.54) is 7.11 Å². The van der Waals surface area contributed by atoms with E-state index < -0.39 is 17.4 Å². The first-order valence-corrected chi connectivity index (χ1v) is 9.93. The molecule has 0 radical (unpaired) electrons. The second-order valence-corrected chi connectivity index (χ2v) is 7.61. The van der Waals surface area contributed by atoms with Crippen molar-refractivity contribution in [2.45, 2.75) is 20.0 Å². The SMILES string of the molecule is COc1cccc2oc(-c3c(C)[nH]c4c(-c5cccc(C)c5)c(C(F)(F)F)nn4c3=O)nc12. The third-order valence-corrected chi connectivity index (χ3v) is 5.36. The summed E-state index contributed by atoms with van der Waals surface area (Å²) in [5.74, 6) is 0.397. The lowest BCUT2D eigenvalue weighted by atomic mass is 10.0. The first-order chi connectivity index (χ1) is 15.7. The van der Waals surface area contributed by atoms with Crippen molar-refractivity contribution < 1.29 is 22.3 Å². The van der Waals surface area contributed by atoms with Crippen molar-refractivity contribution in [2.75, 3.05) is 7.11 Å². The van der Waals surface area contributed by atoms with Gasteiger partial charge in [0.05, 0.1) is 12.7 Å². The number of oxazole rings is 1. The summed E-state index contributed by atoms with van der Waals surface area (Å²) in [6.07, 6.45) is -4.77. The summed E-state index contributed by atoms with van der Waals surface area (Å²) in [5.41, 5.74) is -0.0828. The van der Waals surface area contributed by atoms with Gasteiger partial charge in [0, 0.05) is 5.69 Å². The van der Waals surface area contributed by atoms with E-state index in [2.05, 4.69) is 15.1 Å². The standard InChI is InChI=1S/C23H17F3N4O3/c1-11-6-4-7-13(10-11)17-19(23(24,25)26)29-30-20(17)27-12(2)16(22(30)31)21-28-18-14(32-3)8-5-9-15(18)33-21/h4-10,27H,1-3H3. The van der Waals surface area contributed by atoms with Gasteiger partial charge in [0.15, 0.2) is 16.8 Å². The highest BCUT2D eigenvalue weighted by molar-refractivity contribution is 5.84. The molecule has 2 aromatic carbocycles. The molecule has 0 aliphatic heterocycles. The Kier molecular flexibility index (Phi) is 4.55. The van der Waals surface area contributed by atoms with Crippen molar-refractivity contribution in [3.8, 4) is 28.3 Å². The lowest BCUT2D eigenvalue weighted by molar-refractivity contribution is -0.140. The average molecular weight is 454 g/mol. The third kappa shape index (κ3) is 3.25. The van der Waals surface area contributed by atoms with Crippen LogP contribution in [0.4, 0.5) is 13.2 Å². The van der Waals surface area contributed by atoms with Crippen molar-refractivity contribution in [3.05, 3.63) is 69.8 Å². The van der Waals surface area contributed by atoms with Gasteiger partial charge in [-0.25, -0.2) is 4.98 Å². The molecule has 0 fully saturated rings. The summed E-state index contributed by atoms with van der Waals surface area (Å²) in [4.78, 5) is 20.6. The molecule has 7 nitrogen and oxygen atoms in total. The number of hydrogen-bond acceptors (Lipinski definition) is 5. The van der Waals surface area contributed by atoms with Crippen LogP contribution in [0.5, 0.6) is 5.75 Å². The smallest absolute Gasteiger partial charge is 0.435 e. The first kappa shape index (κ1) is 20.8. The zero-order valence-electron chi connectivity index (χ0n) is 17.7. The number of nitrogens with one attached hydrogen (secondary N) is 1. The number of methoxy groups -OCH3 is 1. The zero-order chi connectivity index (χ0) is 23.5. The second kappa shape index (κ2) is 7.22. The molecule has 0 aliphatic carbocycles. The molecule has 3 heterocycles. The van der Waals surface area contributed by atoms with Crippen molar-refractivity contribution in [2.24, 2.45) is 0 Å². The molecule has 33 heavy (non-hydrogen) atoms. The summed E-state index contributed by atoms with van der Waals surface area (Å²) in [7, 11) is 1.47. The largest absolute Gasteiger partial charge is 0.494 e. The fourth-order valence-electron chi connectivity index (χ4n) is 3.91. The molecule has 0 saturated heterocycles. The van der Waals surface area contributed by atoms with Gasteiger partial charge in [-0.3, -0.25) is 4.79 Å². The highest BCUT2D eigenvalue weighted by Gasteiger charge is 2.39. The highest BCUT2D eigenvalue weighted by atomic mass is 19.4. The van der Waals surface area contributed by atoms with Gasteiger partial charge in [-0.1, -0.05) is 35.9 Å². The lowest BCUT2D eigenvalue weighted by Gasteiger charge is -2.08.